The van der Waals surface area contributed by atoms with E-state index in [-0.39, 0.29) is 29.3 Å². The molecule has 0 aliphatic carbocycles. The minimum Gasteiger partial charge on any atom is -0.478 e. The smallest absolute Gasteiger partial charge is 0.335 e. The number of hydrogen-bond donors (Lipinski definition) is 2. The van der Waals surface area contributed by atoms with Crippen molar-refractivity contribution in [3.05, 3.63) is 53.1 Å². The number of hydrogen-bond acceptors (Lipinski definition) is 4. The SMILES string of the molecule is O=C1Cc2cc(S(=O)(=O)N3CCc4cc(C(=O)O)ccc43)ccc2N1. The van der Waals surface area contributed by atoms with E-state index in [1.165, 1.54) is 34.6 Å². The van der Waals surface area contributed by atoms with Gasteiger partial charge in [0.1, 0.15) is 0 Å². The molecule has 0 spiro atoms. The fourth-order valence-electron chi connectivity index (χ4n) is 3.25. The highest BCUT2D eigenvalue weighted by Crippen LogP contribution is 2.35. The number of amides is 1. The number of nitrogens with one attached hydrogen (secondary N) is 1. The van der Waals surface area contributed by atoms with Crippen LogP contribution in [0.15, 0.2) is 41.3 Å². The lowest BCUT2D eigenvalue weighted by Gasteiger charge is -2.20. The Labute approximate surface area is 143 Å². The molecule has 128 valence electrons. The second-order valence-electron chi connectivity index (χ2n) is 6.02. The number of carbonyl (C=O) groups is 2. The Balaban J connectivity index is 1.73. The van der Waals surface area contributed by atoms with E-state index in [2.05, 4.69) is 5.32 Å². The zero-order chi connectivity index (χ0) is 17.8. The molecule has 4 rings (SSSR count). The van der Waals surface area contributed by atoms with Crippen molar-refractivity contribution >= 4 is 33.3 Å². The largest absolute Gasteiger partial charge is 0.478 e. The van der Waals surface area contributed by atoms with Crippen molar-refractivity contribution in [2.75, 3.05) is 16.2 Å². The molecule has 0 fully saturated rings. The van der Waals surface area contributed by atoms with Crippen molar-refractivity contribution in [2.45, 2.75) is 17.7 Å². The van der Waals surface area contributed by atoms with Crippen LogP contribution in [0.25, 0.3) is 0 Å². The van der Waals surface area contributed by atoms with Crippen LogP contribution in [-0.2, 0) is 27.7 Å². The van der Waals surface area contributed by atoms with Crippen LogP contribution in [0.2, 0.25) is 0 Å². The molecule has 2 aliphatic heterocycles. The van der Waals surface area contributed by atoms with Crippen molar-refractivity contribution in [1.29, 1.82) is 0 Å². The fraction of sp³-hybridized carbons (Fsp3) is 0.176. The molecule has 2 aliphatic rings. The second kappa shape index (κ2) is 5.32. The lowest BCUT2D eigenvalue weighted by Crippen LogP contribution is -2.29. The van der Waals surface area contributed by atoms with E-state index in [0.29, 0.717) is 28.9 Å². The molecule has 2 N–H and O–H groups in total. The quantitative estimate of drug-likeness (QED) is 0.868. The Bertz CT molecular complexity index is 1030. The third-order valence-electron chi connectivity index (χ3n) is 4.47. The number of carboxylic acid groups (broad SMARTS) is 1. The normalized spacial score (nSPS) is 15.7. The van der Waals surface area contributed by atoms with Gasteiger partial charge in [-0.1, -0.05) is 0 Å². The van der Waals surface area contributed by atoms with Crippen LogP contribution in [0, 0.1) is 0 Å². The van der Waals surface area contributed by atoms with Crippen LogP contribution < -0.4 is 9.62 Å². The molecular formula is C17H14N2O5S. The predicted molar refractivity (Wildman–Crippen MR) is 90.4 cm³/mol. The average Bonchev–Trinajstić information content (AvgIpc) is 3.15. The molecule has 8 heteroatoms. The summed E-state index contributed by atoms with van der Waals surface area (Å²) in [5.41, 5.74) is 2.63. The number of fused-ring (bicyclic) bond motifs is 2. The van der Waals surface area contributed by atoms with Crippen LogP contribution in [0.1, 0.15) is 21.5 Å². The van der Waals surface area contributed by atoms with Gasteiger partial charge >= 0.3 is 5.97 Å². The Morgan fingerprint density at radius 2 is 1.92 bits per heavy atom. The van der Waals surface area contributed by atoms with Gasteiger partial charge in [0.25, 0.3) is 10.0 Å². The average molecular weight is 358 g/mol. The first-order valence-corrected chi connectivity index (χ1v) is 9.12. The molecule has 0 aromatic heterocycles. The number of benzene rings is 2. The molecule has 2 heterocycles. The maximum Gasteiger partial charge on any atom is 0.335 e. The molecule has 0 unspecified atom stereocenters. The van der Waals surface area contributed by atoms with Gasteiger partial charge in [-0.15, -0.1) is 0 Å². The summed E-state index contributed by atoms with van der Waals surface area (Å²) in [5.74, 6) is -1.20. The molecule has 0 radical (unpaired) electrons. The first-order chi connectivity index (χ1) is 11.9. The Kier molecular flexibility index (Phi) is 3.33. The van der Waals surface area contributed by atoms with Crippen molar-refractivity contribution in [3.8, 4) is 0 Å². The summed E-state index contributed by atoms with van der Waals surface area (Å²) in [6.07, 6.45) is 0.623. The number of aromatic carboxylic acids is 1. The van der Waals surface area contributed by atoms with E-state index in [9.17, 15) is 18.0 Å². The van der Waals surface area contributed by atoms with Gasteiger partial charge in [0.15, 0.2) is 0 Å². The first kappa shape index (κ1) is 15.6. The van der Waals surface area contributed by atoms with Crippen molar-refractivity contribution < 1.29 is 23.1 Å². The molecule has 7 nitrogen and oxygen atoms in total. The van der Waals surface area contributed by atoms with Crippen LogP contribution >= 0.6 is 0 Å². The lowest BCUT2D eigenvalue weighted by molar-refractivity contribution is -0.115. The fourth-order valence-corrected chi connectivity index (χ4v) is 4.80. The molecule has 0 bridgehead atoms. The number of carboxylic acids is 1. The molecule has 0 atom stereocenters. The van der Waals surface area contributed by atoms with Gasteiger partial charge in [-0.3, -0.25) is 9.10 Å². The third-order valence-corrected chi connectivity index (χ3v) is 6.28. The van der Waals surface area contributed by atoms with Gasteiger partial charge in [0, 0.05) is 12.2 Å². The number of anilines is 2. The number of nitrogens with zero attached hydrogens (tertiary/aromatic N) is 1. The molecule has 0 saturated heterocycles. The van der Waals surface area contributed by atoms with Crippen LogP contribution in [0.5, 0.6) is 0 Å². The highest BCUT2D eigenvalue weighted by molar-refractivity contribution is 7.92. The highest BCUT2D eigenvalue weighted by Gasteiger charge is 2.32. The van der Waals surface area contributed by atoms with Gasteiger partial charge in [0.05, 0.1) is 22.6 Å². The molecule has 1 amide bonds. The monoisotopic (exact) mass is 358 g/mol. The third kappa shape index (κ3) is 2.45. The van der Waals surface area contributed by atoms with Crippen molar-refractivity contribution in [3.63, 3.8) is 0 Å². The van der Waals surface area contributed by atoms with E-state index in [4.69, 9.17) is 5.11 Å². The summed E-state index contributed by atoms with van der Waals surface area (Å²) in [4.78, 5) is 22.6. The number of carbonyl (C=O) groups excluding carboxylic acids is 1. The summed E-state index contributed by atoms with van der Waals surface area (Å²) in [7, 11) is -3.78. The maximum absolute atomic E-state index is 13.0. The highest BCUT2D eigenvalue weighted by atomic mass is 32.2. The predicted octanol–water partition coefficient (Wildman–Crippen LogP) is 1.63. The lowest BCUT2D eigenvalue weighted by atomic mass is 10.1. The summed E-state index contributed by atoms with van der Waals surface area (Å²) in [5, 5.41) is 11.7. The first-order valence-electron chi connectivity index (χ1n) is 7.68. The Morgan fingerprint density at radius 3 is 2.68 bits per heavy atom. The molecule has 2 aromatic carbocycles. The van der Waals surface area contributed by atoms with Crippen molar-refractivity contribution in [2.24, 2.45) is 0 Å². The van der Waals surface area contributed by atoms with E-state index in [0.717, 1.165) is 0 Å². The van der Waals surface area contributed by atoms with E-state index < -0.39 is 16.0 Å². The summed E-state index contributed by atoms with van der Waals surface area (Å²) in [6, 6.07) is 9.04. The summed E-state index contributed by atoms with van der Waals surface area (Å²) < 4.78 is 27.3. The van der Waals surface area contributed by atoms with Gasteiger partial charge in [-0.05, 0) is 53.9 Å². The maximum atomic E-state index is 13.0. The van der Waals surface area contributed by atoms with Crippen LogP contribution in [-0.4, -0.2) is 31.9 Å². The van der Waals surface area contributed by atoms with E-state index in [1.54, 1.807) is 6.07 Å². The molecular weight excluding hydrogens is 344 g/mol. The standard InChI is InChI=1S/C17H14N2O5S/c20-16-9-12-8-13(2-3-14(12)18-16)25(23,24)19-6-5-10-7-11(17(21)22)1-4-15(10)19/h1-4,7-8H,5-6,9H2,(H,18,20)(H,21,22). The Morgan fingerprint density at radius 1 is 1.12 bits per heavy atom. The topological polar surface area (TPSA) is 104 Å². The molecule has 0 saturated carbocycles. The minimum absolute atomic E-state index is 0.123. The zero-order valence-electron chi connectivity index (χ0n) is 13.0. The van der Waals surface area contributed by atoms with Crippen LogP contribution in [0.3, 0.4) is 0 Å². The summed E-state index contributed by atoms with van der Waals surface area (Å²) in [6.45, 7) is 0.259. The van der Waals surface area contributed by atoms with Gasteiger partial charge in [-0.2, -0.15) is 0 Å². The zero-order valence-corrected chi connectivity index (χ0v) is 13.8. The molecule has 2 aromatic rings. The number of sulfonamides is 1. The summed E-state index contributed by atoms with van der Waals surface area (Å²) >= 11 is 0. The van der Waals surface area contributed by atoms with Gasteiger partial charge in [-0.25, -0.2) is 13.2 Å². The van der Waals surface area contributed by atoms with Crippen molar-refractivity contribution in [1.82, 2.24) is 0 Å². The molecule has 25 heavy (non-hydrogen) atoms. The number of rotatable bonds is 3. The van der Waals surface area contributed by atoms with Gasteiger partial charge in [0.2, 0.25) is 5.91 Å². The second-order valence-corrected chi connectivity index (χ2v) is 7.88. The minimum atomic E-state index is -3.78. The van der Waals surface area contributed by atoms with Gasteiger partial charge < -0.3 is 10.4 Å². The Hall–Kier alpha value is -2.87. The van der Waals surface area contributed by atoms with Crippen LogP contribution in [0.4, 0.5) is 11.4 Å². The van der Waals surface area contributed by atoms with E-state index >= 15 is 0 Å². The van der Waals surface area contributed by atoms with E-state index in [1.807, 2.05) is 0 Å².